The van der Waals surface area contributed by atoms with Crippen molar-refractivity contribution in [3.05, 3.63) is 153 Å². The molecule has 4 aromatic carbocycles. The van der Waals surface area contributed by atoms with Gasteiger partial charge < -0.3 is 34.2 Å². The number of carbonyl (C=O) groups is 1. The Morgan fingerprint density at radius 1 is 1.03 bits per heavy atom. The summed E-state index contributed by atoms with van der Waals surface area (Å²) in [7, 11) is 1.47. The molecule has 13 nitrogen and oxygen atoms in total. The summed E-state index contributed by atoms with van der Waals surface area (Å²) in [4.78, 5) is 33.5. The van der Waals surface area contributed by atoms with Crippen molar-refractivity contribution < 1.29 is 43.4 Å². The van der Waals surface area contributed by atoms with Crippen molar-refractivity contribution in [2.45, 2.75) is 69.2 Å². The highest BCUT2D eigenvalue weighted by Crippen LogP contribution is 2.62. The lowest BCUT2D eigenvalue weighted by Gasteiger charge is -2.60. The van der Waals surface area contributed by atoms with E-state index in [1.165, 1.54) is 31.4 Å². The molecule has 328 valence electrons. The maximum Gasteiger partial charge on any atom is 0.273 e. The number of rotatable bonds is 19. The first kappa shape index (κ1) is 44.6. The van der Waals surface area contributed by atoms with Crippen LogP contribution in [-0.4, -0.2) is 70.4 Å². The molecule has 1 heterocycles. The van der Waals surface area contributed by atoms with Gasteiger partial charge in [-0.05, 0) is 109 Å². The Bertz CT molecular complexity index is 2380. The van der Waals surface area contributed by atoms with Crippen LogP contribution in [0.15, 0.2) is 120 Å². The van der Waals surface area contributed by atoms with Gasteiger partial charge in [-0.25, -0.2) is 4.39 Å². The van der Waals surface area contributed by atoms with E-state index in [2.05, 4.69) is 23.9 Å². The Morgan fingerprint density at radius 2 is 1.76 bits per heavy atom. The van der Waals surface area contributed by atoms with Gasteiger partial charge in [0.15, 0.2) is 0 Å². The molecule has 14 heteroatoms. The molecular weight excluding hydrogens is 808 g/mol. The molecular formula is C49H51FN4O9. The third-order valence-electron chi connectivity index (χ3n) is 12.3. The average Bonchev–Trinajstić information content (AvgIpc) is 3.29. The number of allylic oxidation sites excluding steroid dienone is 1. The molecule has 63 heavy (non-hydrogen) atoms. The van der Waals surface area contributed by atoms with E-state index >= 15 is 4.79 Å². The molecule has 7 rings (SSSR count). The molecule has 6 atom stereocenters. The molecule has 1 aliphatic heterocycles. The first-order valence-electron chi connectivity index (χ1n) is 21.2. The number of nitro groups is 1. The Kier molecular flexibility index (Phi) is 14.3. The minimum Gasteiger partial charge on any atom is -0.459 e. The van der Waals surface area contributed by atoms with E-state index in [4.69, 9.17) is 19.0 Å². The summed E-state index contributed by atoms with van der Waals surface area (Å²) in [5, 5.41) is 45.7. The molecule has 6 unspecified atom stereocenters. The molecule has 0 saturated heterocycles. The molecule has 0 spiro atoms. The Balaban J connectivity index is 1.46. The second-order valence-corrected chi connectivity index (χ2v) is 16.1. The van der Waals surface area contributed by atoms with Crippen molar-refractivity contribution in [3.8, 4) is 23.3 Å². The van der Waals surface area contributed by atoms with E-state index in [9.17, 15) is 30.0 Å². The van der Waals surface area contributed by atoms with E-state index in [1.807, 2.05) is 6.07 Å². The maximum absolute atomic E-state index is 15.1. The molecule has 0 radical (unpaired) electrons. The number of halogens is 1. The van der Waals surface area contributed by atoms with Gasteiger partial charge in [-0.15, -0.1) is 6.58 Å². The van der Waals surface area contributed by atoms with Crippen LogP contribution in [0.5, 0.6) is 17.2 Å². The molecule has 2 N–H and O–H groups in total. The first-order valence-corrected chi connectivity index (χ1v) is 21.2. The van der Waals surface area contributed by atoms with Crippen molar-refractivity contribution in [1.82, 2.24) is 4.90 Å². The fraction of sp³-hybridized carbons (Fsp3) is 0.367. The van der Waals surface area contributed by atoms with Gasteiger partial charge >= 0.3 is 0 Å². The molecule has 1 fully saturated rings. The smallest absolute Gasteiger partial charge is 0.273 e. The van der Waals surface area contributed by atoms with E-state index in [0.29, 0.717) is 59.6 Å². The quantitative estimate of drug-likeness (QED) is 0.0400. The number of aliphatic hydroxyl groups excluding tert-OH is 2. The van der Waals surface area contributed by atoms with Gasteiger partial charge in [0.1, 0.15) is 36.2 Å². The lowest BCUT2D eigenvalue weighted by Crippen LogP contribution is -2.70. The molecule has 4 aromatic rings. The maximum atomic E-state index is 15.1. The number of carbonyl (C=O) groups excluding carboxylic acids is 1. The van der Waals surface area contributed by atoms with E-state index in [1.54, 1.807) is 71.6 Å². The number of unbranched alkanes of at least 4 members (excludes halogenated alkanes) is 2. The molecule has 2 aliphatic carbocycles. The highest BCUT2D eigenvalue weighted by atomic mass is 19.1. The summed E-state index contributed by atoms with van der Waals surface area (Å²) in [6, 6.07) is 24.9. The highest BCUT2D eigenvalue weighted by molar-refractivity contribution is 6.03. The highest BCUT2D eigenvalue weighted by Gasteiger charge is 2.65. The lowest BCUT2D eigenvalue weighted by atomic mass is 9.55. The van der Waals surface area contributed by atoms with E-state index in [-0.39, 0.29) is 67.9 Å². The normalized spacial score (nSPS) is 22.7. The van der Waals surface area contributed by atoms with Crippen LogP contribution in [0.2, 0.25) is 0 Å². The summed E-state index contributed by atoms with van der Waals surface area (Å²) in [5.41, 5.74) is 3.45. The topological polar surface area (TPSA) is 177 Å². The Morgan fingerprint density at radius 3 is 2.44 bits per heavy atom. The molecule has 0 aromatic heterocycles. The predicted octanol–water partition coefficient (Wildman–Crippen LogP) is 9.00. The summed E-state index contributed by atoms with van der Waals surface area (Å²) >= 11 is 0. The van der Waals surface area contributed by atoms with Gasteiger partial charge in [-0.3, -0.25) is 14.9 Å². The minimum atomic E-state index is -1.58. The number of ether oxygens (including phenoxy) is 3. The van der Waals surface area contributed by atoms with Crippen LogP contribution in [0.25, 0.3) is 0 Å². The fourth-order valence-electron chi connectivity index (χ4n) is 9.58. The number of nitro benzene ring substituents is 1. The number of amides is 1. The van der Waals surface area contributed by atoms with Crippen LogP contribution in [0.4, 0.5) is 10.1 Å². The van der Waals surface area contributed by atoms with E-state index < -0.39 is 28.5 Å². The van der Waals surface area contributed by atoms with Crippen LogP contribution in [-0.2, 0) is 16.1 Å². The summed E-state index contributed by atoms with van der Waals surface area (Å²) in [5.74, 6) is -2.30. The van der Waals surface area contributed by atoms with Gasteiger partial charge in [-0.2, -0.15) is 5.26 Å². The van der Waals surface area contributed by atoms with Crippen molar-refractivity contribution >= 4 is 17.3 Å². The van der Waals surface area contributed by atoms with Gasteiger partial charge in [0, 0.05) is 49.3 Å². The number of oxime groups is 1. The molecule has 1 saturated carbocycles. The standard InChI is InChI=1S/C49H51FN4O9/c1-3-25-61-49-45(53(31-33-15-19-36(50)20-16-33)48(57)34-17-13-32(30-51)14-18-34)29-43(52-60-2)41-26-35(9-4-6-23-55)40(12-5-7-24-56)46(47(41)49)42-28-39(21-22-44(42)63-49)62-38-11-8-10-37(27-38)54(58)59/h3,8,10-11,13-22,26-28,35,40,45-47,55-56H,1,4-7,9,12,23-25,29,31H2,2H3. The number of nitrogens with zero attached hydrogens (tertiary/aromatic N) is 4. The monoisotopic (exact) mass is 858 g/mol. The SMILES string of the molecule is C=CCOC12Oc3ccc(Oc4cccc([N+](=O)[O-])c4)cc3C3C(CCCCO)C(CCCCO)C=C(C(=NOC)CC1N(Cc1ccc(F)cc1)C(=O)c1ccc(C#N)cc1)C32. The number of non-ortho nitro benzene ring substituents is 1. The van der Waals surface area contributed by atoms with Crippen molar-refractivity contribution in [3.63, 3.8) is 0 Å². The predicted molar refractivity (Wildman–Crippen MR) is 233 cm³/mol. The average molecular weight is 859 g/mol. The number of nitriles is 1. The number of benzene rings is 4. The summed E-state index contributed by atoms with van der Waals surface area (Å²) < 4.78 is 35.0. The number of fused-ring (bicyclic) bond motifs is 2. The van der Waals surface area contributed by atoms with Crippen molar-refractivity contribution in [2.24, 2.45) is 22.9 Å². The van der Waals surface area contributed by atoms with Crippen molar-refractivity contribution in [1.29, 1.82) is 5.26 Å². The van der Waals surface area contributed by atoms with Gasteiger partial charge in [-0.1, -0.05) is 48.3 Å². The van der Waals surface area contributed by atoms with Gasteiger partial charge in [0.25, 0.3) is 11.6 Å². The van der Waals surface area contributed by atoms with Crippen LogP contribution in [0.3, 0.4) is 0 Å². The van der Waals surface area contributed by atoms with Crippen molar-refractivity contribution in [2.75, 3.05) is 26.9 Å². The van der Waals surface area contributed by atoms with Crippen LogP contribution in [0.1, 0.15) is 77.9 Å². The second-order valence-electron chi connectivity index (χ2n) is 16.1. The third-order valence-corrected chi connectivity index (χ3v) is 12.3. The summed E-state index contributed by atoms with van der Waals surface area (Å²) in [6.07, 6.45) is 8.08. The summed E-state index contributed by atoms with van der Waals surface area (Å²) in [6.45, 7) is 4.12. The second kappa shape index (κ2) is 20.2. The van der Waals surface area contributed by atoms with Gasteiger partial charge in [0.05, 0.1) is 40.9 Å². The molecule has 3 aliphatic rings. The Hall–Kier alpha value is -6.40. The fourth-order valence-corrected chi connectivity index (χ4v) is 9.58. The van der Waals surface area contributed by atoms with Crippen LogP contribution >= 0.6 is 0 Å². The minimum absolute atomic E-state index is 0.0207. The third kappa shape index (κ3) is 9.51. The zero-order valence-electron chi connectivity index (χ0n) is 35.1. The van der Waals surface area contributed by atoms with Gasteiger partial charge in [0.2, 0.25) is 5.79 Å². The lowest BCUT2D eigenvalue weighted by molar-refractivity contribution is -0.384. The zero-order chi connectivity index (χ0) is 44.5. The zero-order valence-corrected chi connectivity index (χ0v) is 35.1. The number of hydrogen-bond donors (Lipinski definition) is 2. The van der Waals surface area contributed by atoms with Crippen LogP contribution < -0.4 is 9.47 Å². The van der Waals surface area contributed by atoms with E-state index in [0.717, 1.165) is 24.0 Å². The Labute approximate surface area is 365 Å². The first-order chi connectivity index (χ1) is 30.6. The van der Waals surface area contributed by atoms with Crippen LogP contribution in [0, 0.1) is 45.0 Å². The largest absolute Gasteiger partial charge is 0.459 e. The molecule has 1 amide bonds. The number of hydrogen-bond acceptors (Lipinski definition) is 11. The number of aliphatic hydroxyl groups is 2. The molecule has 0 bridgehead atoms.